The average molecular weight is 258 g/mol. The Kier molecular flexibility index (Phi) is 2.08. The first kappa shape index (κ1) is 10.2. The lowest BCUT2D eigenvalue weighted by Gasteiger charge is -2.37. The molecule has 14 heavy (non-hydrogen) atoms. The lowest BCUT2D eigenvalue weighted by Crippen LogP contribution is -2.39. The molecule has 2 aliphatic carbocycles. The number of hydrogen-bond donors (Lipinski definition) is 1. The summed E-state index contributed by atoms with van der Waals surface area (Å²) in [4.78, 5) is 11.5. The number of carbonyl (C=O) groups is 1. The molecule has 0 aromatic heterocycles. The van der Waals surface area contributed by atoms with Gasteiger partial charge in [-0.15, -0.1) is 0 Å². The number of amides is 1. The standard InChI is InChI=1S/C11H16BrNO/c1-7-10(2,6-12)8-3-4-11(7,5-8)9(13)14/h8H,1,3-6H2,2H3,(H2,13,14)/t8-,10+,11+/m0/s1. The number of carbonyl (C=O) groups excluding carboxylic acids is 1. The molecular weight excluding hydrogens is 242 g/mol. The van der Waals surface area contributed by atoms with Gasteiger partial charge in [-0.05, 0) is 25.2 Å². The second kappa shape index (κ2) is 2.84. The van der Waals surface area contributed by atoms with Crippen LogP contribution in [0.4, 0.5) is 0 Å². The maximum Gasteiger partial charge on any atom is 0.227 e. The van der Waals surface area contributed by atoms with Crippen LogP contribution in [-0.2, 0) is 4.79 Å². The molecule has 0 aromatic carbocycles. The van der Waals surface area contributed by atoms with Gasteiger partial charge >= 0.3 is 0 Å². The van der Waals surface area contributed by atoms with Crippen LogP contribution in [0.5, 0.6) is 0 Å². The molecule has 2 saturated carbocycles. The van der Waals surface area contributed by atoms with Gasteiger partial charge in [0.25, 0.3) is 0 Å². The van der Waals surface area contributed by atoms with Crippen LogP contribution < -0.4 is 5.73 Å². The van der Waals surface area contributed by atoms with E-state index in [2.05, 4.69) is 29.4 Å². The monoisotopic (exact) mass is 257 g/mol. The summed E-state index contributed by atoms with van der Waals surface area (Å²) in [5.74, 6) is 0.413. The maximum atomic E-state index is 11.5. The number of rotatable bonds is 2. The normalized spacial score (nSPS) is 45.9. The van der Waals surface area contributed by atoms with Gasteiger partial charge in [-0.25, -0.2) is 0 Å². The van der Waals surface area contributed by atoms with Gasteiger partial charge in [0.2, 0.25) is 5.91 Å². The van der Waals surface area contributed by atoms with Gasteiger partial charge in [0.15, 0.2) is 0 Å². The summed E-state index contributed by atoms with van der Waals surface area (Å²) in [5, 5.41) is 0.887. The first-order chi connectivity index (χ1) is 6.47. The summed E-state index contributed by atoms with van der Waals surface area (Å²) >= 11 is 3.53. The fourth-order valence-electron chi connectivity index (χ4n) is 3.22. The minimum Gasteiger partial charge on any atom is -0.369 e. The van der Waals surface area contributed by atoms with E-state index in [0.717, 1.165) is 30.2 Å². The SMILES string of the molecule is C=C1[C@@]2(C(N)=O)CC[C@@H](C2)[C@]1(C)CBr. The van der Waals surface area contributed by atoms with Gasteiger partial charge in [0.05, 0.1) is 5.41 Å². The van der Waals surface area contributed by atoms with Crippen molar-refractivity contribution in [3.63, 3.8) is 0 Å². The summed E-state index contributed by atoms with van der Waals surface area (Å²) in [7, 11) is 0. The van der Waals surface area contributed by atoms with Crippen molar-refractivity contribution in [1.82, 2.24) is 0 Å². The van der Waals surface area contributed by atoms with Crippen LogP contribution in [0.2, 0.25) is 0 Å². The molecule has 78 valence electrons. The van der Waals surface area contributed by atoms with Crippen molar-refractivity contribution in [3.05, 3.63) is 12.2 Å². The summed E-state index contributed by atoms with van der Waals surface area (Å²) < 4.78 is 0. The molecule has 0 unspecified atom stereocenters. The van der Waals surface area contributed by atoms with E-state index in [1.165, 1.54) is 0 Å². The topological polar surface area (TPSA) is 43.1 Å². The molecule has 2 fully saturated rings. The Hall–Kier alpha value is -0.310. The highest BCUT2D eigenvalue weighted by Crippen LogP contribution is 2.65. The number of nitrogens with two attached hydrogens (primary N) is 1. The molecule has 2 N–H and O–H groups in total. The van der Waals surface area contributed by atoms with E-state index in [4.69, 9.17) is 5.73 Å². The quantitative estimate of drug-likeness (QED) is 0.599. The minimum atomic E-state index is -0.382. The molecule has 0 spiro atoms. The maximum absolute atomic E-state index is 11.5. The predicted molar refractivity (Wildman–Crippen MR) is 60.0 cm³/mol. The summed E-state index contributed by atoms with van der Waals surface area (Å²) in [6.45, 7) is 6.32. The van der Waals surface area contributed by atoms with Crippen molar-refractivity contribution < 1.29 is 4.79 Å². The number of fused-ring (bicyclic) bond motifs is 2. The molecule has 0 heterocycles. The third kappa shape index (κ3) is 0.940. The molecule has 0 aromatic rings. The third-order valence-electron chi connectivity index (χ3n) is 4.43. The largest absolute Gasteiger partial charge is 0.369 e. The first-order valence-electron chi connectivity index (χ1n) is 5.03. The second-order valence-electron chi connectivity index (χ2n) is 4.92. The molecule has 3 heteroatoms. The summed E-state index contributed by atoms with van der Waals surface area (Å²) in [5.41, 5.74) is 6.28. The molecule has 2 nitrogen and oxygen atoms in total. The van der Waals surface area contributed by atoms with E-state index in [1.807, 2.05) is 0 Å². The first-order valence-corrected chi connectivity index (χ1v) is 6.15. The smallest absolute Gasteiger partial charge is 0.227 e. The Labute approximate surface area is 93.1 Å². The summed E-state index contributed by atoms with van der Waals surface area (Å²) in [6, 6.07) is 0. The Bertz CT molecular complexity index is 314. The van der Waals surface area contributed by atoms with Crippen LogP contribution in [-0.4, -0.2) is 11.2 Å². The predicted octanol–water partition coefficient (Wildman–Crippen LogP) is 2.23. The van der Waals surface area contributed by atoms with E-state index >= 15 is 0 Å². The van der Waals surface area contributed by atoms with E-state index in [0.29, 0.717) is 5.92 Å². The van der Waals surface area contributed by atoms with E-state index in [-0.39, 0.29) is 16.7 Å². The highest BCUT2D eigenvalue weighted by atomic mass is 79.9. The highest BCUT2D eigenvalue weighted by Gasteiger charge is 2.61. The molecule has 2 aliphatic rings. The van der Waals surface area contributed by atoms with Crippen LogP contribution in [0.15, 0.2) is 12.2 Å². The van der Waals surface area contributed by atoms with Crippen molar-refractivity contribution >= 4 is 21.8 Å². The van der Waals surface area contributed by atoms with Crippen molar-refractivity contribution in [2.45, 2.75) is 26.2 Å². The van der Waals surface area contributed by atoms with E-state index in [9.17, 15) is 4.79 Å². The van der Waals surface area contributed by atoms with Crippen LogP contribution in [0.1, 0.15) is 26.2 Å². The van der Waals surface area contributed by atoms with Gasteiger partial charge < -0.3 is 5.73 Å². The molecule has 0 radical (unpaired) electrons. The fraction of sp³-hybridized carbons (Fsp3) is 0.727. The van der Waals surface area contributed by atoms with Crippen molar-refractivity contribution in [1.29, 1.82) is 0 Å². The highest BCUT2D eigenvalue weighted by molar-refractivity contribution is 9.09. The summed E-state index contributed by atoms with van der Waals surface area (Å²) in [6.07, 6.45) is 2.95. The Balaban J connectivity index is 2.44. The minimum absolute atomic E-state index is 0.0767. The van der Waals surface area contributed by atoms with E-state index < -0.39 is 0 Å². The van der Waals surface area contributed by atoms with Crippen LogP contribution in [0, 0.1) is 16.7 Å². The number of primary amides is 1. The number of alkyl halides is 1. The van der Waals surface area contributed by atoms with Gasteiger partial charge in [0.1, 0.15) is 0 Å². The lowest BCUT2D eigenvalue weighted by molar-refractivity contribution is -0.125. The Morgan fingerprint density at radius 2 is 2.43 bits per heavy atom. The number of halogens is 1. The second-order valence-corrected chi connectivity index (χ2v) is 5.48. The zero-order valence-corrected chi connectivity index (χ0v) is 10.1. The zero-order chi connectivity index (χ0) is 10.6. The molecule has 1 amide bonds. The van der Waals surface area contributed by atoms with E-state index in [1.54, 1.807) is 0 Å². The van der Waals surface area contributed by atoms with Crippen LogP contribution in [0.25, 0.3) is 0 Å². The molecule has 0 aliphatic heterocycles. The van der Waals surface area contributed by atoms with Gasteiger partial charge in [-0.2, -0.15) is 0 Å². The third-order valence-corrected chi connectivity index (χ3v) is 5.60. The van der Waals surface area contributed by atoms with Crippen LogP contribution in [0.3, 0.4) is 0 Å². The lowest BCUT2D eigenvalue weighted by atomic mass is 9.68. The molecule has 0 saturated heterocycles. The average Bonchev–Trinajstić information content (AvgIpc) is 2.67. The van der Waals surface area contributed by atoms with Crippen molar-refractivity contribution in [3.8, 4) is 0 Å². The molecular formula is C11H16BrNO. The fourth-order valence-corrected chi connectivity index (χ4v) is 4.01. The molecule has 2 rings (SSSR count). The number of hydrogen-bond acceptors (Lipinski definition) is 1. The molecule has 2 bridgehead atoms. The zero-order valence-electron chi connectivity index (χ0n) is 8.48. The van der Waals surface area contributed by atoms with Crippen LogP contribution >= 0.6 is 15.9 Å². The van der Waals surface area contributed by atoms with Gasteiger partial charge in [-0.1, -0.05) is 35.0 Å². The Morgan fingerprint density at radius 3 is 2.79 bits per heavy atom. The van der Waals surface area contributed by atoms with Gasteiger partial charge in [0, 0.05) is 10.7 Å². The van der Waals surface area contributed by atoms with Crippen molar-refractivity contribution in [2.75, 3.05) is 5.33 Å². The molecule has 3 atom stereocenters. The Morgan fingerprint density at radius 1 is 1.79 bits per heavy atom. The van der Waals surface area contributed by atoms with Gasteiger partial charge in [-0.3, -0.25) is 4.79 Å². The van der Waals surface area contributed by atoms with Crippen molar-refractivity contribution in [2.24, 2.45) is 22.5 Å².